The van der Waals surface area contributed by atoms with Crippen molar-refractivity contribution < 1.29 is 9.53 Å². The molecule has 0 aliphatic heterocycles. The number of carbonyl (C=O) groups is 1. The van der Waals surface area contributed by atoms with Gasteiger partial charge in [0, 0.05) is 13.6 Å². The van der Waals surface area contributed by atoms with Gasteiger partial charge >= 0.3 is 0 Å². The van der Waals surface area contributed by atoms with Gasteiger partial charge in [-0.3, -0.25) is 4.79 Å². The van der Waals surface area contributed by atoms with Crippen molar-refractivity contribution in [1.29, 1.82) is 0 Å². The zero-order valence-corrected chi connectivity index (χ0v) is 12.9. The van der Waals surface area contributed by atoms with Crippen molar-refractivity contribution in [2.75, 3.05) is 13.7 Å². The Kier molecular flexibility index (Phi) is 6.52. The van der Waals surface area contributed by atoms with Crippen molar-refractivity contribution >= 4 is 5.91 Å². The summed E-state index contributed by atoms with van der Waals surface area (Å²) in [6, 6.07) is 7.37. The SMILES string of the molecule is CCOc1ccc(CN(C)C(=O)C(N)C(C)CC)cc1. The second kappa shape index (κ2) is 7.90. The van der Waals surface area contributed by atoms with Crippen LogP contribution in [-0.4, -0.2) is 30.5 Å². The molecule has 4 nitrogen and oxygen atoms in total. The summed E-state index contributed by atoms with van der Waals surface area (Å²) >= 11 is 0. The number of nitrogens with two attached hydrogens (primary N) is 1. The van der Waals surface area contributed by atoms with Gasteiger partial charge in [0.2, 0.25) is 5.91 Å². The summed E-state index contributed by atoms with van der Waals surface area (Å²) in [4.78, 5) is 13.9. The normalized spacial score (nSPS) is 13.7. The number of likely N-dealkylation sites (N-methyl/N-ethyl adjacent to an activating group) is 1. The van der Waals surface area contributed by atoms with Crippen molar-refractivity contribution in [1.82, 2.24) is 4.90 Å². The van der Waals surface area contributed by atoms with Crippen molar-refractivity contribution in [3.05, 3.63) is 29.8 Å². The standard InChI is InChI=1S/C16H26N2O2/c1-5-12(3)15(17)16(19)18(4)11-13-7-9-14(10-8-13)20-6-2/h7-10,12,15H,5-6,11,17H2,1-4H3. The van der Waals surface area contributed by atoms with Crippen LogP contribution in [0.3, 0.4) is 0 Å². The predicted molar refractivity (Wildman–Crippen MR) is 81.5 cm³/mol. The van der Waals surface area contributed by atoms with Crippen molar-refractivity contribution in [2.45, 2.75) is 39.8 Å². The summed E-state index contributed by atoms with van der Waals surface area (Å²) in [5, 5.41) is 0. The minimum Gasteiger partial charge on any atom is -0.494 e. The van der Waals surface area contributed by atoms with Crippen LogP contribution in [0.15, 0.2) is 24.3 Å². The molecule has 0 aliphatic carbocycles. The first-order valence-corrected chi connectivity index (χ1v) is 7.21. The number of amides is 1. The second-order valence-electron chi connectivity index (χ2n) is 5.18. The van der Waals surface area contributed by atoms with Crippen LogP contribution in [0.2, 0.25) is 0 Å². The summed E-state index contributed by atoms with van der Waals surface area (Å²) in [7, 11) is 1.79. The molecule has 0 spiro atoms. The third kappa shape index (κ3) is 4.53. The monoisotopic (exact) mass is 278 g/mol. The van der Waals surface area contributed by atoms with Crippen LogP contribution in [-0.2, 0) is 11.3 Å². The molecule has 1 rings (SSSR count). The smallest absolute Gasteiger partial charge is 0.239 e. The van der Waals surface area contributed by atoms with E-state index in [1.54, 1.807) is 11.9 Å². The van der Waals surface area contributed by atoms with Gasteiger partial charge in [-0.05, 0) is 30.5 Å². The average molecular weight is 278 g/mol. The average Bonchev–Trinajstić information content (AvgIpc) is 2.47. The molecule has 0 saturated carbocycles. The Labute approximate surface area is 121 Å². The molecule has 0 radical (unpaired) electrons. The highest BCUT2D eigenvalue weighted by atomic mass is 16.5. The molecule has 0 fully saturated rings. The summed E-state index contributed by atoms with van der Waals surface area (Å²) in [5.41, 5.74) is 7.05. The fraction of sp³-hybridized carbons (Fsp3) is 0.562. The number of carbonyl (C=O) groups excluding carboxylic acids is 1. The molecule has 0 aliphatic rings. The van der Waals surface area contributed by atoms with E-state index in [0.29, 0.717) is 13.2 Å². The van der Waals surface area contributed by atoms with E-state index in [0.717, 1.165) is 17.7 Å². The Bertz CT molecular complexity index is 417. The molecule has 4 heteroatoms. The van der Waals surface area contributed by atoms with E-state index >= 15 is 0 Å². The van der Waals surface area contributed by atoms with Gasteiger partial charge in [0.1, 0.15) is 5.75 Å². The largest absolute Gasteiger partial charge is 0.494 e. The van der Waals surface area contributed by atoms with Gasteiger partial charge < -0.3 is 15.4 Å². The maximum Gasteiger partial charge on any atom is 0.239 e. The lowest BCUT2D eigenvalue weighted by Gasteiger charge is -2.24. The summed E-state index contributed by atoms with van der Waals surface area (Å²) in [6.07, 6.45) is 0.907. The highest BCUT2D eigenvalue weighted by Crippen LogP contribution is 2.14. The Morgan fingerprint density at radius 1 is 1.30 bits per heavy atom. The second-order valence-corrected chi connectivity index (χ2v) is 5.18. The van der Waals surface area contributed by atoms with Gasteiger partial charge in [0.25, 0.3) is 0 Å². The fourth-order valence-corrected chi connectivity index (χ4v) is 1.96. The van der Waals surface area contributed by atoms with Crippen LogP contribution < -0.4 is 10.5 Å². The van der Waals surface area contributed by atoms with Crippen LogP contribution in [0.25, 0.3) is 0 Å². The van der Waals surface area contributed by atoms with Gasteiger partial charge in [0.15, 0.2) is 0 Å². The van der Waals surface area contributed by atoms with Crippen LogP contribution >= 0.6 is 0 Å². The van der Waals surface area contributed by atoms with Crippen LogP contribution in [0.1, 0.15) is 32.8 Å². The number of ether oxygens (including phenoxy) is 1. The lowest BCUT2D eigenvalue weighted by Crippen LogP contribution is -2.45. The Hall–Kier alpha value is -1.55. The molecule has 2 N–H and O–H groups in total. The van der Waals surface area contributed by atoms with E-state index < -0.39 is 6.04 Å². The Morgan fingerprint density at radius 3 is 2.40 bits per heavy atom. The molecule has 1 aromatic carbocycles. The van der Waals surface area contributed by atoms with Crippen molar-refractivity contribution in [2.24, 2.45) is 11.7 Å². The summed E-state index contributed by atoms with van der Waals surface area (Å²) in [5.74, 6) is 1.04. The minimum absolute atomic E-state index is 0.00626. The molecule has 112 valence electrons. The zero-order chi connectivity index (χ0) is 15.1. The molecule has 0 bridgehead atoms. The molecule has 20 heavy (non-hydrogen) atoms. The molecule has 0 saturated heterocycles. The number of rotatable bonds is 7. The lowest BCUT2D eigenvalue weighted by atomic mass is 9.99. The van der Waals surface area contributed by atoms with Crippen LogP contribution in [0, 0.1) is 5.92 Å². The lowest BCUT2D eigenvalue weighted by molar-refractivity contribution is -0.132. The molecule has 0 heterocycles. The highest BCUT2D eigenvalue weighted by Gasteiger charge is 2.22. The van der Waals surface area contributed by atoms with E-state index in [9.17, 15) is 4.79 Å². The number of benzene rings is 1. The third-order valence-corrected chi connectivity index (χ3v) is 3.57. The Morgan fingerprint density at radius 2 is 1.90 bits per heavy atom. The molecule has 1 amide bonds. The maximum atomic E-state index is 12.2. The zero-order valence-electron chi connectivity index (χ0n) is 12.9. The third-order valence-electron chi connectivity index (χ3n) is 3.57. The molecule has 1 aromatic rings. The van der Waals surface area contributed by atoms with Crippen LogP contribution in [0.5, 0.6) is 5.75 Å². The van der Waals surface area contributed by atoms with Gasteiger partial charge in [-0.25, -0.2) is 0 Å². The first-order chi connectivity index (χ1) is 9.49. The van der Waals surface area contributed by atoms with Gasteiger partial charge in [-0.15, -0.1) is 0 Å². The molecule has 2 unspecified atom stereocenters. The number of hydrogen-bond donors (Lipinski definition) is 1. The highest BCUT2D eigenvalue weighted by molar-refractivity contribution is 5.81. The molecular formula is C16H26N2O2. The Balaban J connectivity index is 2.61. The van der Waals surface area contributed by atoms with E-state index in [1.807, 2.05) is 45.0 Å². The van der Waals surface area contributed by atoms with Gasteiger partial charge in [0.05, 0.1) is 12.6 Å². The molecular weight excluding hydrogens is 252 g/mol. The van der Waals surface area contributed by atoms with E-state index in [2.05, 4.69) is 0 Å². The quantitative estimate of drug-likeness (QED) is 0.833. The van der Waals surface area contributed by atoms with E-state index in [4.69, 9.17) is 10.5 Å². The van der Waals surface area contributed by atoms with Crippen molar-refractivity contribution in [3.8, 4) is 5.75 Å². The summed E-state index contributed by atoms with van der Waals surface area (Å²) < 4.78 is 5.40. The minimum atomic E-state index is -0.423. The van der Waals surface area contributed by atoms with Crippen molar-refractivity contribution in [3.63, 3.8) is 0 Å². The van der Waals surface area contributed by atoms with Crippen LogP contribution in [0.4, 0.5) is 0 Å². The van der Waals surface area contributed by atoms with Gasteiger partial charge in [-0.2, -0.15) is 0 Å². The fourth-order valence-electron chi connectivity index (χ4n) is 1.96. The van der Waals surface area contributed by atoms with E-state index in [1.165, 1.54) is 0 Å². The maximum absolute atomic E-state index is 12.2. The first-order valence-electron chi connectivity index (χ1n) is 7.21. The van der Waals surface area contributed by atoms with Gasteiger partial charge in [-0.1, -0.05) is 32.4 Å². The molecule has 2 atom stereocenters. The number of hydrogen-bond acceptors (Lipinski definition) is 3. The first kappa shape index (κ1) is 16.5. The summed E-state index contributed by atoms with van der Waals surface area (Å²) in [6.45, 7) is 7.23. The van der Waals surface area contributed by atoms with E-state index in [-0.39, 0.29) is 11.8 Å². The molecule has 0 aromatic heterocycles. The topological polar surface area (TPSA) is 55.6 Å². The predicted octanol–water partition coefficient (Wildman–Crippen LogP) is 2.42. The number of nitrogens with zero attached hydrogens (tertiary/aromatic N) is 1.